The Morgan fingerprint density at radius 3 is 3.00 bits per heavy atom. The molecule has 1 N–H and O–H groups in total. The summed E-state index contributed by atoms with van der Waals surface area (Å²) in [5, 5.41) is 13.8. The summed E-state index contributed by atoms with van der Waals surface area (Å²) < 4.78 is 7.40. The molecule has 0 saturated carbocycles. The Morgan fingerprint density at radius 1 is 1.64 bits per heavy atom. The van der Waals surface area contributed by atoms with Crippen molar-refractivity contribution >= 4 is 0 Å². The molecule has 0 spiro atoms. The fraction of sp³-hybridized carbons (Fsp3) is 0.700. The van der Waals surface area contributed by atoms with Gasteiger partial charge in [0.2, 0.25) is 0 Å². The third-order valence-corrected chi connectivity index (χ3v) is 2.65. The molecule has 0 radical (unpaired) electrons. The third kappa shape index (κ3) is 1.81. The van der Waals surface area contributed by atoms with Crippen molar-refractivity contribution in [3.8, 4) is 0 Å². The summed E-state index contributed by atoms with van der Waals surface area (Å²) in [5.74, 6) is 0. The van der Waals surface area contributed by atoms with Crippen molar-refractivity contribution in [2.24, 2.45) is 7.05 Å². The maximum atomic E-state index is 9.53. The first-order valence-electron chi connectivity index (χ1n) is 4.96. The molecule has 0 aromatic carbocycles. The van der Waals surface area contributed by atoms with Crippen LogP contribution in [0.25, 0.3) is 0 Å². The van der Waals surface area contributed by atoms with E-state index in [4.69, 9.17) is 4.74 Å². The second-order valence-electron chi connectivity index (χ2n) is 3.88. The van der Waals surface area contributed by atoms with Crippen LogP contribution < -0.4 is 0 Å². The monoisotopic (exact) mass is 196 g/mol. The minimum atomic E-state index is -0.228. The van der Waals surface area contributed by atoms with Gasteiger partial charge in [0.25, 0.3) is 0 Å². The third-order valence-electron chi connectivity index (χ3n) is 2.65. The standard InChI is InChI=1S/C10H16N2O2/c1-7-9(6-12(2)11-7)10-5-8(13)3-4-14-10/h6,8,10,13H,3-5H2,1-2H3. The Kier molecular flexibility index (Phi) is 2.56. The molecule has 2 unspecified atom stereocenters. The number of hydrogen-bond donors (Lipinski definition) is 1. The van der Waals surface area contributed by atoms with Crippen LogP contribution in [0.1, 0.15) is 30.2 Å². The fourth-order valence-electron chi connectivity index (χ4n) is 1.93. The Bertz CT molecular complexity index is 322. The summed E-state index contributed by atoms with van der Waals surface area (Å²) in [4.78, 5) is 0. The lowest BCUT2D eigenvalue weighted by atomic mass is 10.0. The van der Waals surface area contributed by atoms with Gasteiger partial charge in [-0.3, -0.25) is 4.68 Å². The summed E-state index contributed by atoms with van der Waals surface area (Å²) in [6, 6.07) is 0. The van der Waals surface area contributed by atoms with Gasteiger partial charge in [-0.25, -0.2) is 0 Å². The zero-order valence-electron chi connectivity index (χ0n) is 8.60. The van der Waals surface area contributed by atoms with Crippen LogP contribution >= 0.6 is 0 Å². The molecule has 1 aromatic rings. The normalized spacial score (nSPS) is 27.9. The van der Waals surface area contributed by atoms with Crippen LogP contribution in [0.4, 0.5) is 0 Å². The highest BCUT2D eigenvalue weighted by molar-refractivity contribution is 5.19. The lowest BCUT2D eigenvalue weighted by molar-refractivity contribution is -0.0450. The Hall–Kier alpha value is -0.870. The molecular formula is C10H16N2O2. The predicted octanol–water partition coefficient (Wildman–Crippen LogP) is 0.941. The molecule has 1 aromatic heterocycles. The van der Waals surface area contributed by atoms with E-state index in [0.717, 1.165) is 17.7 Å². The average molecular weight is 196 g/mol. The molecule has 1 aliphatic rings. The molecule has 2 atom stereocenters. The van der Waals surface area contributed by atoms with Crippen molar-refractivity contribution in [1.82, 2.24) is 9.78 Å². The van der Waals surface area contributed by atoms with Crippen LogP contribution in [0.15, 0.2) is 6.20 Å². The highest BCUT2D eigenvalue weighted by Crippen LogP contribution is 2.29. The molecule has 0 amide bonds. The van der Waals surface area contributed by atoms with E-state index in [-0.39, 0.29) is 12.2 Å². The van der Waals surface area contributed by atoms with E-state index in [9.17, 15) is 5.11 Å². The molecule has 0 aliphatic carbocycles. The highest BCUT2D eigenvalue weighted by Gasteiger charge is 2.24. The molecule has 1 saturated heterocycles. The van der Waals surface area contributed by atoms with Gasteiger partial charge in [0.15, 0.2) is 0 Å². The van der Waals surface area contributed by atoms with Crippen molar-refractivity contribution in [2.45, 2.75) is 32.0 Å². The maximum absolute atomic E-state index is 9.53. The van der Waals surface area contributed by atoms with Gasteiger partial charge in [-0.05, 0) is 13.3 Å². The van der Waals surface area contributed by atoms with Gasteiger partial charge in [-0.1, -0.05) is 0 Å². The Labute approximate surface area is 83.5 Å². The number of aromatic nitrogens is 2. The van der Waals surface area contributed by atoms with Crippen LogP contribution in [0, 0.1) is 6.92 Å². The van der Waals surface area contributed by atoms with Gasteiger partial charge in [-0.15, -0.1) is 0 Å². The summed E-state index contributed by atoms with van der Waals surface area (Å²) in [5.41, 5.74) is 2.10. The molecular weight excluding hydrogens is 180 g/mol. The molecule has 4 heteroatoms. The molecule has 4 nitrogen and oxygen atoms in total. The Morgan fingerprint density at radius 2 is 2.43 bits per heavy atom. The van der Waals surface area contributed by atoms with Crippen molar-refractivity contribution in [2.75, 3.05) is 6.61 Å². The van der Waals surface area contributed by atoms with Gasteiger partial charge in [0, 0.05) is 31.8 Å². The topological polar surface area (TPSA) is 47.3 Å². The van der Waals surface area contributed by atoms with Crippen LogP contribution in [0.5, 0.6) is 0 Å². The minimum absolute atomic E-state index is 0.0208. The van der Waals surface area contributed by atoms with Crippen molar-refractivity contribution in [1.29, 1.82) is 0 Å². The van der Waals surface area contributed by atoms with Crippen molar-refractivity contribution < 1.29 is 9.84 Å². The maximum Gasteiger partial charge on any atom is 0.0882 e. The number of rotatable bonds is 1. The van der Waals surface area contributed by atoms with Crippen LogP contribution in [-0.4, -0.2) is 27.6 Å². The first-order chi connectivity index (χ1) is 6.66. The number of aryl methyl sites for hydroxylation is 2. The highest BCUT2D eigenvalue weighted by atomic mass is 16.5. The van der Waals surface area contributed by atoms with Crippen LogP contribution in [-0.2, 0) is 11.8 Å². The summed E-state index contributed by atoms with van der Waals surface area (Å²) in [7, 11) is 1.90. The molecule has 2 heterocycles. The van der Waals surface area contributed by atoms with Crippen molar-refractivity contribution in [3.05, 3.63) is 17.5 Å². The van der Waals surface area contributed by atoms with Crippen molar-refractivity contribution in [3.63, 3.8) is 0 Å². The van der Waals surface area contributed by atoms with E-state index in [0.29, 0.717) is 13.0 Å². The zero-order chi connectivity index (χ0) is 10.1. The molecule has 0 bridgehead atoms. The molecule has 2 rings (SSSR count). The summed E-state index contributed by atoms with van der Waals surface area (Å²) >= 11 is 0. The first kappa shape index (κ1) is 9.68. The predicted molar refractivity (Wildman–Crippen MR) is 51.9 cm³/mol. The lowest BCUT2D eigenvalue weighted by Gasteiger charge is -2.26. The molecule has 1 aliphatic heterocycles. The lowest BCUT2D eigenvalue weighted by Crippen LogP contribution is -2.23. The van der Waals surface area contributed by atoms with Gasteiger partial charge in [0.1, 0.15) is 0 Å². The zero-order valence-corrected chi connectivity index (χ0v) is 8.60. The number of aliphatic hydroxyl groups is 1. The van der Waals surface area contributed by atoms with E-state index in [1.807, 2.05) is 20.2 Å². The molecule has 14 heavy (non-hydrogen) atoms. The van der Waals surface area contributed by atoms with E-state index in [1.165, 1.54) is 0 Å². The smallest absolute Gasteiger partial charge is 0.0882 e. The quantitative estimate of drug-likeness (QED) is 0.727. The van der Waals surface area contributed by atoms with Crippen LogP contribution in [0.3, 0.4) is 0 Å². The van der Waals surface area contributed by atoms with Gasteiger partial charge < -0.3 is 9.84 Å². The van der Waals surface area contributed by atoms with Crippen LogP contribution in [0.2, 0.25) is 0 Å². The first-order valence-corrected chi connectivity index (χ1v) is 4.96. The van der Waals surface area contributed by atoms with E-state index < -0.39 is 0 Å². The number of nitrogens with zero attached hydrogens (tertiary/aromatic N) is 2. The molecule has 78 valence electrons. The van der Waals surface area contributed by atoms with Gasteiger partial charge in [0.05, 0.1) is 17.9 Å². The van der Waals surface area contributed by atoms with Gasteiger partial charge >= 0.3 is 0 Å². The van der Waals surface area contributed by atoms with E-state index in [1.54, 1.807) is 4.68 Å². The summed E-state index contributed by atoms with van der Waals surface area (Å²) in [6.45, 7) is 2.61. The minimum Gasteiger partial charge on any atom is -0.393 e. The molecule has 1 fully saturated rings. The number of ether oxygens (including phenoxy) is 1. The number of hydrogen-bond acceptors (Lipinski definition) is 3. The largest absolute Gasteiger partial charge is 0.393 e. The van der Waals surface area contributed by atoms with E-state index >= 15 is 0 Å². The van der Waals surface area contributed by atoms with E-state index in [2.05, 4.69) is 5.10 Å². The average Bonchev–Trinajstić information content (AvgIpc) is 2.45. The van der Waals surface area contributed by atoms with Gasteiger partial charge in [-0.2, -0.15) is 5.10 Å². The fourth-order valence-corrected chi connectivity index (χ4v) is 1.93. The SMILES string of the molecule is Cc1nn(C)cc1C1CC(O)CCO1. The second-order valence-corrected chi connectivity index (χ2v) is 3.88. The second kappa shape index (κ2) is 3.71. The number of aliphatic hydroxyl groups excluding tert-OH is 1. The summed E-state index contributed by atoms with van der Waals surface area (Å²) in [6.07, 6.45) is 3.20. The Balaban J connectivity index is 2.17.